The summed E-state index contributed by atoms with van der Waals surface area (Å²) >= 11 is 12.2. The fourth-order valence-corrected chi connectivity index (χ4v) is 2.09. The molecule has 0 spiro atoms. The van der Waals surface area contributed by atoms with Crippen molar-refractivity contribution in [1.82, 2.24) is 5.32 Å². The van der Waals surface area contributed by atoms with Crippen molar-refractivity contribution in [3.05, 3.63) is 33.8 Å². The van der Waals surface area contributed by atoms with Crippen molar-refractivity contribution >= 4 is 23.2 Å². The first-order chi connectivity index (χ1) is 8.19. The van der Waals surface area contributed by atoms with Crippen LogP contribution in [0, 0.1) is 0 Å². The maximum atomic E-state index is 6.16. The molecule has 96 valence electrons. The first kappa shape index (κ1) is 14.8. The lowest BCUT2D eigenvalue weighted by molar-refractivity contribution is 0.137. The highest BCUT2D eigenvalue weighted by atomic mass is 35.5. The molecule has 0 amide bonds. The number of likely N-dealkylation sites (N-methyl/N-ethyl adjacent to an activating group) is 1. The average Bonchev–Trinajstić information content (AvgIpc) is 2.33. The van der Waals surface area contributed by atoms with Crippen LogP contribution >= 0.6 is 23.2 Å². The van der Waals surface area contributed by atoms with E-state index in [1.165, 1.54) is 0 Å². The van der Waals surface area contributed by atoms with Crippen LogP contribution in [0.1, 0.15) is 18.9 Å². The van der Waals surface area contributed by atoms with E-state index in [0.29, 0.717) is 16.1 Å². The van der Waals surface area contributed by atoms with Gasteiger partial charge in [0, 0.05) is 19.3 Å². The summed E-state index contributed by atoms with van der Waals surface area (Å²) in [5.41, 5.74) is 1.08. The molecule has 0 saturated carbocycles. The van der Waals surface area contributed by atoms with Crippen molar-refractivity contribution in [2.45, 2.75) is 25.8 Å². The first-order valence-corrected chi connectivity index (χ1v) is 6.62. The van der Waals surface area contributed by atoms with Gasteiger partial charge in [0.2, 0.25) is 0 Å². The second kappa shape index (κ2) is 7.93. The zero-order chi connectivity index (χ0) is 12.7. The molecule has 0 aliphatic rings. The Morgan fingerprint density at radius 1 is 1.35 bits per heavy atom. The van der Waals surface area contributed by atoms with Gasteiger partial charge in [-0.15, -0.1) is 0 Å². The summed E-state index contributed by atoms with van der Waals surface area (Å²) in [6.45, 7) is 3.52. The number of hydrogen-bond acceptors (Lipinski definition) is 2. The molecule has 1 rings (SSSR count). The Bertz CT molecular complexity index is 344. The number of benzene rings is 1. The van der Waals surface area contributed by atoms with E-state index in [1.807, 2.05) is 32.2 Å². The van der Waals surface area contributed by atoms with Gasteiger partial charge in [-0.05, 0) is 38.4 Å². The number of halogens is 2. The number of rotatable bonds is 7. The molecule has 1 aromatic rings. The molecule has 17 heavy (non-hydrogen) atoms. The van der Waals surface area contributed by atoms with Gasteiger partial charge in [-0.2, -0.15) is 0 Å². The molecule has 0 aliphatic heterocycles. The normalized spacial score (nSPS) is 12.7. The molecule has 0 aliphatic carbocycles. The topological polar surface area (TPSA) is 21.3 Å². The van der Waals surface area contributed by atoms with Gasteiger partial charge in [0.15, 0.2) is 0 Å². The minimum atomic E-state index is 0.359. The molecule has 1 N–H and O–H groups in total. The quantitative estimate of drug-likeness (QED) is 0.769. The zero-order valence-electron chi connectivity index (χ0n) is 10.3. The van der Waals surface area contributed by atoms with Gasteiger partial charge in [0.1, 0.15) is 0 Å². The Morgan fingerprint density at radius 2 is 2.12 bits per heavy atom. The summed E-state index contributed by atoms with van der Waals surface area (Å²) in [6, 6.07) is 6.11. The lowest BCUT2D eigenvalue weighted by Gasteiger charge is -2.17. The van der Waals surface area contributed by atoms with Crippen LogP contribution in [0.4, 0.5) is 0 Å². The van der Waals surface area contributed by atoms with Crippen LogP contribution in [-0.4, -0.2) is 26.3 Å². The molecular weight excluding hydrogens is 257 g/mol. The summed E-state index contributed by atoms with van der Waals surface area (Å²) in [5, 5.41) is 4.55. The molecule has 2 nitrogen and oxygen atoms in total. The molecule has 0 saturated heterocycles. The second-order valence-corrected chi connectivity index (χ2v) is 4.67. The molecule has 4 heteroatoms. The van der Waals surface area contributed by atoms with E-state index in [2.05, 4.69) is 5.32 Å². The van der Waals surface area contributed by atoms with Crippen molar-refractivity contribution in [3.63, 3.8) is 0 Å². The molecular formula is C13H19Cl2NO. The zero-order valence-corrected chi connectivity index (χ0v) is 11.8. The van der Waals surface area contributed by atoms with Crippen molar-refractivity contribution in [1.29, 1.82) is 0 Å². The van der Waals surface area contributed by atoms with Crippen molar-refractivity contribution in [2.75, 3.05) is 20.3 Å². The number of nitrogens with one attached hydrogen (secondary N) is 1. The lowest BCUT2D eigenvalue weighted by atomic mass is 10.0. The van der Waals surface area contributed by atoms with E-state index in [9.17, 15) is 0 Å². The van der Waals surface area contributed by atoms with Crippen LogP contribution in [0.15, 0.2) is 18.2 Å². The van der Waals surface area contributed by atoms with Gasteiger partial charge < -0.3 is 10.1 Å². The Morgan fingerprint density at radius 3 is 2.76 bits per heavy atom. The first-order valence-electron chi connectivity index (χ1n) is 5.87. The standard InChI is InChI=1S/C13H19Cl2NO/c1-3-17-8-7-11(16-2)9-10-5-4-6-12(14)13(10)15/h4-6,11,16H,3,7-9H2,1-2H3. The van der Waals surface area contributed by atoms with Crippen LogP contribution in [0.3, 0.4) is 0 Å². The number of hydrogen-bond donors (Lipinski definition) is 1. The summed E-state index contributed by atoms with van der Waals surface area (Å²) in [4.78, 5) is 0. The predicted molar refractivity (Wildman–Crippen MR) is 74.1 cm³/mol. The minimum absolute atomic E-state index is 0.359. The Labute approximate surface area is 113 Å². The maximum Gasteiger partial charge on any atom is 0.0624 e. The van der Waals surface area contributed by atoms with Crippen LogP contribution in [0.25, 0.3) is 0 Å². The molecule has 0 fully saturated rings. The molecule has 1 aromatic carbocycles. The summed E-state index contributed by atoms with van der Waals surface area (Å²) in [7, 11) is 1.95. The highest BCUT2D eigenvalue weighted by Crippen LogP contribution is 2.26. The smallest absolute Gasteiger partial charge is 0.0624 e. The van der Waals surface area contributed by atoms with E-state index >= 15 is 0 Å². The monoisotopic (exact) mass is 275 g/mol. The Balaban J connectivity index is 2.57. The van der Waals surface area contributed by atoms with Crippen LogP contribution < -0.4 is 5.32 Å². The molecule has 1 atom stereocenters. The van der Waals surface area contributed by atoms with Crippen LogP contribution in [0.5, 0.6) is 0 Å². The molecule has 0 bridgehead atoms. The van der Waals surface area contributed by atoms with Gasteiger partial charge in [-0.1, -0.05) is 35.3 Å². The largest absolute Gasteiger partial charge is 0.382 e. The number of ether oxygens (including phenoxy) is 1. The third kappa shape index (κ3) is 4.84. The van der Waals surface area contributed by atoms with Gasteiger partial charge in [0.25, 0.3) is 0 Å². The minimum Gasteiger partial charge on any atom is -0.382 e. The Kier molecular flexibility index (Phi) is 6.90. The second-order valence-electron chi connectivity index (χ2n) is 3.89. The van der Waals surface area contributed by atoms with Gasteiger partial charge >= 0.3 is 0 Å². The maximum absolute atomic E-state index is 6.16. The third-order valence-electron chi connectivity index (χ3n) is 2.72. The highest BCUT2D eigenvalue weighted by Gasteiger charge is 2.11. The fraction of sp³-hybridized carbons (Fsp3) is 0.538. The van der Waals surface area contributed by atoms with Crippen molar-refractivity contribution < 1.29 is 4.74 Å². The van der Waals surface area contributed by atoms with E-state index < -0.39 is 0 Å². The Hall–Kier alpha value is -0.280. The fourth-order valence-electron chi connectivity index (χ4n) is 1.69. The van der Waals surface area contributed by atoms with Crippen molar-refractivity contribution in [3.8, 4) is 0 Å². The van der Waals surface area contributed by atoms with E-state index in [4.69, 9.17) is 27.9 Å². The van der Waals surface area contributed by atoms with E-state index in [0.717, 1.165) is 31.6 Å². The highest BCUT2D eigenvalue weighted by molar-refractivity contribution is 6.42. The summed E-state index contributed by atoms with van der Waals surface area (Å²) < 4.78 is 5.36. The van der Waals surface area contributed by atoms with Crippen LogP contribution in [-0.2, 0) is 11.2 Å². The van der Waals surface area contributed by atoms with E-state index in [-0.39, 0.29) is 0 Å². The van der Waals surface area contributed by atoms with Crippen molar-refractivity contribution in [2.24, 2.45) is 0 Å². The molecule has 0 aromatic heterocycles. The summed E-state index contributed by atoms with van der Waals surface area (Å²) in [5.74, 6) is 0. The van der Waals surface area contributed by atoms with Gasteiger partial charge in [-0.3, -0.25) is 0 Å². The predicted octanol–water partition coefficient (Wildman–Crippen LogP) is 3.55. The van der Waals surface area contributed by atoms with E-state index in [1.54, 1.807) is 0 Å². The van der Waals surface area contributed by atoms with Gasteiger partial charge in [-0.25, -0.2) is 0 Å². The van der Waals surface area contributed by atoms with Gasteiger partial charge in [0.05, 0.1) is 10.0 Å². The van der Waals surface area contributed by atoms with Crippen LogP contribution in [0.2, 0.25) is 10.0 Å². The average molecular weight is 276 g/mol. The lowest BCUT2D eigenvalue weighted by Crippen LogP contribution is -2.29. The summed E-state index contributed by atoms with van der Waals surface area (Å²) in [6.07, 6.45) is 1.83. The molecule has 1 unspecified atom stereocenters. The SMILES string of the molecule is CCOCCC(Cc1cccc(Cl)c1Cl)NC. The molecule has 0 radical (unpaired) electrons. The third-order valence-corrected chi connectivity index (χ3v) is 3.58. The molecule has 0 heterocycles.